The van der Waals surface area contributed by atoms with Crippen molar-refractivity contribution in [1.82, 2.24) is 9.97 Å². The zero-order valence-electron chi connectivity index (χ0n) is 16.9. The van der Waals surface area contributed by atoms with Crippen molar-refractivity contribution in [2.24, 2.45) is 5.92 Å². The average Bonchev–Trinajstić information content (AvgIpc) is 3.48. The van der Waals surface area contributed by atoms with Gasteiger partial charge in [-0.2, -0.15) is 0 Å². The molecule has 0 unspecified atom stereocenters. The summed E-state index contributed by atoms with van der Waals surface area (Å²) in [6.07, 6.45) is 6.90. The Morgan fingerprint density at radius 1 is 1.23 bits per heavy atom. The number of benzene rings is 1. The molecule has 0 atom stereocenters. The predicted octanol–water partition coefficient (Wildman–Crippen LogP) is 4.98. The van der Waals surface area contributed by atoms with Crippen molar-refractivity contribution in [3.05, 3.63) is 53.4 Å². The minimum atomic E-state index is -3.41. The van der Waals surface area contributed by atoms with Gasteiger partial charge in [-0.25, -0.2) is 9.97 Å². The lowest BCUT2D eigenvalue weighted by Gasteiger charge is -2.36. The Kier molecular flexibility index (Phi) is 5.20. The predicted molar refractivity (Wildman–Crippen MR) is 125 cm³/mol. The van der Waals surface area contributed by atoms with E-state index < -0.39 is 9.25 Å². The third-order valence-electron chi connectivity index (χ3n) is 4.91. The fourth-order valence-electron chi connectivity index (χ4n) is 3.11. The van der Waals surface area contributed by atoms with Gasteiger partial charge in [0.25, 0.3) is 0 Å². The third kappa shape index (κ3) is 4.40. The summed E-state index contributed by atoms with van der Waals surface area (Å²) < 4.78 is 16.9. The monoisotopic (exact) mass is 462 g/mol. The molecule has 1 aromatic carbocycles. The molecular weight excluding hydrogens is 440 g/mol. The first-order chi connectivity index (χ1) is 14.1. The molecule has 1 fully saturated rings. The van der Waals surface area contributed by atoms with Crippen molar-refractivity contribution >= 4 is 48.9 Å². The number of nitrogens with zero attached hydrogens (tertiary/aromatic N) is 2. The summed E-state index contributed by atoms with van der Waals surface area (Å²) in [5.74, 6) is 0.137. The van der Waals surface area contributed by atoms with Gasteiger partial charge in [0.15, 0.2) is 10.3 Å². The summed E-state index contributed by atoms with van der Waals surface area (Å²) in [4.78, 5) is 22.4. The molecule has 1 amide bonds. The molecule has 1 aliphatic rings. The highest BCUT2D eigenvalue weighted by atomic mass is 35.5. The van der Waals surface area contributed by atoms with Gasteiger partial charge in [-0.15, -0.1) is 0 Å². The maximum atomic E-state index is 13.8. The Morgan fingerprint density at radius 3 is 2.60 bits per heavy atom. The van der Waals surface area contributed by atoms with Crippen LogP contribution in [-0.2, 0) is 14.0 Å². The molecule has 0 bridgehead atoms. The van der Waals surface area contributed by atoms with Gasteiger partial charge in [0.2, 0.25) is 5.91 Å². The Labute approximate surface area is 184 Å². The van der Waals surface area contributed by atoms with E-state index in [1.807, 2.05) is 43.3 Å². The van der Waals surface area contributed by atoms with Crippen LogP contribution in [0.15, 0.2) is 47.5 Å². The highest BCUT2D eigenvalue weighted by molar-refractivity contribution is 8.19. The number of carbonyl (C=O) groups is 1. The third-order valence-corrected chi connectivity index (χ3v) is 8.79. The summed E-state index contributed by atoms with van der Waals surface area (Å²) in [6, 6.07) is 11.1. The molecule has 158 valence electrons. The van der Waals surface area contributed by atoms with E-state index in [4.69, 9.17) is 11.6 Å². The summed E-state index contributed by atoms with van der Waals surface area (Å²) in [5.41, 5.74) is 2.06. The number of nitrogens with one attached hydrogen (secondary N) is 2. The number of thiazole rings is 1. The van der Waals surface area contributed by atoms with Crippen molar-refractivity contribution < 1.29 is 9.00 Å². The van der Waals surface area contributed by atoms with Crippen LogP contribution in [0.1, 0.15) is 18.5 Å². The maximum absolute atomic E-state index is 13.8. The van der Waals surface area contributed by atoms with E-state index in [0.717, 1.165) is 29.0 Å². The standard InChI is InChI=1S/C21H23ClN4O2S2/c1-13-18(29-21(24-13)25-20(27)14-9-10-14)15-11-17(19(22)23-12-15)26-30(2,3,28)16-7-5-4-6-8-16/h4-8,11-12,14H,9-10H2,1-3H3,(H,26,28)(H,24,25,27). The topological polar surface area (TPSA) is 84.0 Å². The van der Waals surface area contributed by atoms with Crippen LogP contribution in [0.3, 0.4) is 0 Å². The molecular formula is C21H23ClN4O2S2. The van der Waals surface area contributed by atoms with E-state index in [2.05, 4.69) is 20.0 Å². The molecule has 2 heterocycles. The first-order valence-corrected chi connectivity index (χ1v) is 13.5. The minimum absolute atomic E-state index is 0.0227. The Morgan fingerprint density at radius 2 is 1.93 bits per heavy atom. The fourth-order valence-corrected chi connectivity index (χ4v) is 6.13. The molecule has 0 saturated heterocycles. The fraction of sp³-hybridized carbons (Fsp3) is 0.286. The zero-order valence-corrected chi connectivity index (χ0v) is 19.3. The lowest BCUT2D eigenvalue weighted by atomic mass is 10.2. The molecule has 0 radical (unpaired) electrons. The zero-order chi connectivity index (χ0) is 21.5. The molecule has 2 aromatic heterocycles. The van der Waals surface area contributed by atoms with E-state index in [9.17, 15) is 9.00 Å². The maximum Gasteiger partial charge on any atom is 0.229 e. The number of pyridine rings is 1. The van der Waals surface area contributed by atoms with Gasteiger partial charge in [0.05, 0.1) is 16.3 Å². The molecule has 6 nitrogen and oxygen atoms in total. The average molecular weight is 463 g/mol. The highest BCUT2D eigenvalue weighted by Crippen LogP contribution is 2.39. The van der Waals surface area contributed by atoms with Crippen LogP contribution in [0.5, 0.6) is 0 Å². The summed E-state index contributed by atoms with van der Waals surface area (Å²) in [5, 5.41) is 3.70. The highest BCUT2D eigenvalue weighted by Gasteiger charge is 2.31. The second-order valence-electron chi connectivity index (χ2n) is 8.00. The van der Waals surface area contributed by atoms with Crippen molar-refractivity contribution in [2.75, 3.05) is 22.6 Å². The summed E-state index contributed by atoms with van der Waals surface area (Å²) >= 11 is 7.72. The van der Waals surface area contributed by atoms with E-state index in [1.165, 1.54) is 11.3 Å². The molecule has 2 N–H and O–H groups in total. The van der Waals surface area contributed by atoms with Gasteiger partial charge in [0.1, 0.15) is 0 Å². The SMILES string of the molecule is Cc1nc(NC(=O)C2CC2)sc1-c1cnc(Cl)c(NS(C)(C)(=O)c2ccccc2)c1. The van der Waals surface area contributed by atoms with Crippen molar-refractivity contribution in [2.45, 2.75) is 24.7 Å². The lowest BCUT2D eigenvalue weighted by Crippen LogP contribution is -2.38. The van der Waals surface area contributed by atoms with Crippen molar-refractivity contribution in [3.8, 4) is 10.4 Å². The first kappa shape index (κ1) is 21.0. The number of aromatic nitrogens is 2. The van der Waals surface area contributed by atoms with Gasteiger partial charge >= 0.3 is 0 Å². The van der Waals surface area contributed by atoms with Gasteiger partial charge in [-0.3, -0.25) is 9.00 Å². The van der Waals surface area contributed by atoms with Crippen LogP contribution in [0, 0.1) is 12.8 Å². The molecule has 0 spiro atoms. The van der Waals surface area contributed by atoms with Crippen LogP contribution < -0.4 is 10.0 Å². The lowest BCUT2D eigenvalue weighted by molar-refractivity contribution is -0.117. The van der Waals surface area contributed by atoms with Crippen LogP contribution in [0.2, 0.25) is 5.15 Å². The molecule has 0 aliphatic heterocycles. The number of anilines is 2. The number of aryl methyl sites for hydroxylation is 1. The molecule has 3 aromatic rings. The Bertz CT molecular complexity index is 1180. The number of hydrogen-bond donors (Lipinski definition) is 2. The molecule has 1 saturated carbocycles. The van der Waals surface area contributed by atoms with Crippen molar-refractivity contribution in [1.29, 1.82) is 0 Å². The number of carbonyl (C=O) groups excluding carboxylic acids is 1. The van der Waals surface area contributed by atoms with Gasteiger partial charge in [-0.05, 0) is 47.2 Å². The van der Waals surface area contributed by atoms with Gasteiger partial charge in [0, 0.05) is 35.1 Å². The van der Waals surface area contributed by atoms with E-state index in [1.54, 1.807) is 18.7 Å². The number of halogens is 1. The van der Waals surface area contributed by atoms with Gasteiger partial charge < -0.3 is 10.0 Å². The van der Waals surface area contributed by atoms with Crippen LogP contribution in [-0.4, -0.2) is 32.6 Å². The molecule has 4 rings (SSSR count). The van der Waals surface area contributed by atoms with E-state index >= 15 is 0 Å². The smallest absolute Gasteiger partial charge is 0.229 e. The number of rotatable bonds is 6. The number of amides is 1. The van der Waals surface area contributed by atoms with Gasteiger partial charge in [-0.1, -0.05) is 41.1 Å². The minimum Gasteiger partial charge on any atom is -0.319 e. The first-order valence-electron chi connectivity index (χ1n) is 9.50. The summed E-state index contributed by atoms with van der Waals surface area (Å²) in [6.45, 7) is 1.89. The normalized spacial score (nSPS) is 15.3. The molecule has 1 aliphatic carbocycles. The van der Waals surface area contributed by atoms with E-state index in [-0.39, 0.29) is 17.0 Å². The number of hydrogen-bond acceptors (Lipinski definition) is 5. The summed E-state index contributed by atoms with van der Waals surface area (Å²) in [7, 11) is -3.41. The van der Waals surface area contributed by atoms with E-state index in [0.29, 0.717) is 15.7 Å². The second kappa shape index (κ2) is 7.44. The van der Waals surface area contributed by atoms with Crippen LogP contribution in [0.4, 0.5) is 10.8 Å². The Hall–Kier alpha value is -2.29. The van der Waals surface area contributed by atoms with Crippen LogP contribution >= 0.6 is 22.9 Å². The Balaban J connectivity index is 1.65. The second-order valence-corrected chi connectivity index (χ2v) is 13.7. The largest absolute Gasteiger partial charge is 0.319 e. The molecule has 30 heavy (non-hydrogen) atoms. The van der Waals surface area contributed by atoms with Crippen LogP contribution in [0.25, 0.3) is 10.4 Å². The molecule has 9 heteroatoms. The van der Waals surface area contributed by atoms with Crippen molar-refractivity contribution in [3.63, 3.8) is 0 Å². The quantitative estimate of drug-likeness (QED) is 0.506.